The van der Waals surface area contributed by atoms with Gasteiger partial charge in [-0.05, 0) is 23.8 Å². The minimum absolute atomic E-state index is 0.0571. The third kappa shape index (κ3) is 3.21. The van der Waals surface area contributed by atoms with Crippen molar-refractivity contribution in [1.82, 2.24) is 4.57 Å². The summed E-state index contributed by atoms with van der Waals surface area (Å²) in [6, 6.07) is 8.22. The maximum absolute atomic E-state index is 11.9. The van der Waals surface area contributed by atoms with Gasteiger partial charge in [0.1, 0.15) is 5.02 Å². The molecule has 104 valence electrons. The Hall–Kier alpha value is -1.78. The maximum atomic E-state index is 11.9. The van der Waals surface area contributed by atoms with Gasteiger partial charge in [-0.25, -0.2) is 4.79 Å². The van der Waals surface area contributed by atoms with Crippen molar-refractivity contribution >= 4 is 29.2 Å². The topological polar surface area (TPSA) is 48.3 Å². The maximum Gasteiger partial charge on any atom is 0.337 e. The number of esters is 1. The number of rotatable bonds is 3. The number of pyridine rings is 1. The minimum Gasteiger partial charge on any atom is -0.465 e. The number of methoxy groups -OCH3 is 1. The van der Waals surface area contributed by atoms with E-state index in [2.05, 4.69) is 4.74 Å². The normalized spacial score (nSPS) is 10.3. The summed E-state index contributed by atoms with van der Waals surface area (Å²) < 4.78 is 6.04. The Bertz CT molecular complexity index is 710. The van der Waals surface area contributed by atoms with Gasteiger partial charge in [0.2, 0.25) is 0 Å². The van der Waals surface area contributed by atoms with E-state index in [0.717, 1.165) is 5.56 Å². The van der Waals surface area contributed by atoms with Crippen LogP contribution in [0.5, 0.6) is 0 Å². The first-order chi connectivity index (χ1) is 9.51. The Balaban J connectivity index is 2.36. The Kier molecular flexibility index (Phi) is 4.47. The lowest BCUT2D eigenvalue weighted by molar-refractivity contribution is 0.0600. The zero-order valence-corrected chi connectivity index (χ0v) is 12.1. The molecule has 0 spiro atoms. The van der Waals surface area contributed by atoms with Gasteiger partial charge in [-0.2, -0.15) is 0 Å². The zero-order chi connectivity index (χ0) is 14.7. The molecule has 0 fully saturated rings. The predicted octanol–water partition coefficient (Wildman–Crippen LogP) is 2.99. The molecule has 2 rings (SSSR count). The van der Waals surface area contributed by atoms with Crippen LogP contribution in [0.25, 0.3) is 0 Å². The van der Waals surface area contributed by atoms with Gasteiger partial charge in [-0.3, -0.25) is 4.79 Å². The van der Waals surface area contributed by atoms with Crippen LogP contribution in [0.15, 0.2) is 41.3 Å². The molecule has 2 aromatic rings. The number of hydrogen-bond donors (Lipinski definition) is 0. The molecule has 0 aliphatic rings. The van der Waals surface area contributed by atoms with Crippen molar-refractivity contribution in [2.75, 3.05) is 7.11 Å². The number of benzene rings is 1. The second-order valence-corrected chi connectivity index (χ2v) is 4.97. The van der Waals surface area contributed by atoms with E-state index in [-0.39, 0.29) is 17.1 Å². The number of ether oxygens (including phenoxy) is 1. The molecule has 0 saturated carbocycles. The Labute approximate surface area is 125 Å². The van der Waals surface area contributed by atoms with Crippen molar-refractivity contribution in [3.05, 3.63) is 68.1 Å². The number of carbonyl (C=O) groups excluding carboxylic acids is 1. The predicted molar refractivity (Wildman–Crippen MR) is 77.6 cm³/mol. The molecule has 0 radical (unpaired) electrons. The van der Waals surface area contributed by atoms with Gasteiger partial charge < -0.3 is 9.30 Å². The lowest BCUT2D eigenvalue weighted by atomic mass is 10.1. The number of halogens is 2. The molecule has 0 saturated heterocycles. The Morgan fingerprint density at radius 2 is 2.05 bits per heavy atom. The summed E-state index contributed by atoms with van der Waals surface area (Å²) in [5.41, 5.74) is 0.860. The third-order valence-corrected chi connectivity index (χ3v) is 3.19. The van der Waals surface area contributed by atoms with Crippen LogP contribution in [0.4, 0.5) is 0 Å². The average molecular weight is 312 g/mol. The summed E-state index contributed by atoms with van der Waals surface area (Å²) in [6.07, 6.45) is 1.50. The van der Waals surface area contributed by atoms with Crippen LogP contribution < -0.4 is 5.56 Å². The van der Waals surface area contributed by atoms with Crippen LogP contribution >= 0.6 is 23.2 Å². The minimum atomic E-state index is -0.427. The van der Waals surface area contributed by atoms with E-state index >= 15 is 0 Å². The fourth-order valence-corrected chi connectivity index (χ4v) is 2.30. The van der Waals surface area contributed by atoms with Gasteiger partial charge in [0.05, 0.1) is 24.2 Å². The monoisotopic (exact) mass is 311 g/mol. The molecule has 6 heteroatoms. The van der Waals surface area contributed by atoms with E-state index in [4.69, 9.17) is 23.2 Å². The summed E-state index contributed by atoms with van der Waals surface area (Å²) in [4.78, 5) is 23.3. The van der Waals surface area contributed by atoms with Gasteiger partial charge >= 0.3 is 5.97 Å². The van der Waals surface area contributed by atoms with E-state index in [1.807, 2.05) is 0 Å². The van der Waals surface area contributed by atoms with E-state index in [0.29, 0.717) is 10.6 Å². The molecule has 0 aliphatic carbocycles. The van der Waals surface area contributed by atoms with E-state index < -0.39 is 5.97 Å². The van der Waals surface area contributed by atoms with Crippen molar-refractivity contribution in [3.63, 3.8) is 0 Å². The van der Waals surface area contributed by atoms with E-state index in [1.54, 1.807) is 24.3 Å². The number of hydrogen-bond acceptors (Lipinski definition) is 3. The van der Waals surface area contributed by atoms with Gasteiger partial charge in [0, 0.05) is 6.20 Å². The molecule has 0 N–H and O–H groups in total. The van der Waals surface area contributed by atoms with Gasteiger partial charge in [-0.15, -0.1) is 0 Å². The molecule has 0 atom stereocenters. The summed E-state index contributed by atoms with van der Waals surface area (Å²) >= 11 is 11.7. The SMILES string of the molecule is COC(=O)c1cccc(Cn2cc(Cl)cc(Cl)c2=O)c1. The fourth-order valence-electron chi connectivity index (χ4n) is 1.79. The van der Waals surface area contributed by atoms with Crippen molar-refractivity contribution < 1.29 is 9.53 Å². The molecule has 4 nitrogen and oxygen atoms in total. The summed E-state index contributed by atoms with van der Waals surface area (Å²) in [7, 11) is 1.32. The van der Waals surface area contributed by atoms with Crippen LogP contribution in [-0.4, -0.2) is 17.6 Å². The first-order valence-electron chi connectivity index (χ1n) is 5.74. The Morgan fingerprint density at radius 1 is 1.30 bits per heavy atom. The highest BCUT2D eigenvalue weighted by Crippen LogP contribution is 2.13. The first kappa shape index (κ1) is 14.6. The first-order valence-corrected chi connectivity index (χ1v) is 6.49. The summed E-state index contributed by atoms with van der Waals surface area (Å²) in [5, 5.41) is 0.431. The summed E-state index contributed by atoms with van der Waals surface area (Å²) in [6.45, 7) is 0.268. The number of nitrogens with zero attached hydrogens (tertiary/aromatic N) is 1. The Morgan fingerprint density at radius 3 is 2.75 bits per heavy atom. The van der Waals surface area contributed by atoms with Gasteiger partial charge in [0.15, 0.2) is 0 Å². The summed E-state index contributed by atoms with van der Waals surface area (Å²) in [5.74, 6) is -0.427. The van der Waals surface area contributed by atoms with Crippen molar-refractivity contribution in [1.29, 1.82) is 0 Å². The highest BCUT2D eigenvalue weighted by molar-refractivity contribution is 6.34. The molecule has 0 unspecified atom stereocenters. The fraction of sp³-hybridized carbons (Fsp3) is 0.143. The molecule has 0 amide bonds. The van der Waals surface area contributed by atoms with Crippen LogP contribution in [0.3, 0.4) is 0 Å². The van der Waals surface area contributed by atoms with Crippen molar-refractivity contribution in [2.45, 2.75) is 6.54 Å². The standard InChI is InChI=1S/C14H11Cl2NO3/c1-20-14(19)10-4-2-3-9(5-10)7-17-8-11(15)6-12(16)13(17)18/h2-6,8H,7H2,1H3. The molecular weight excluding hydrogens is 301 g/mol. The third-order valence-electron chi connectivity index (χ3n) is 2.71. The molecule has 0 bridgehead atoms. The molecule has 0 aliphatic heterocycles. The lowest BCUT2D eigenvalue weighted by Crippen LogP contribution is -2.20. The molecule has 1 aromatic carbocycles. The quantitative estimate of drug-likeness (QED) is 0.819. The molecule has 1 heterocycles. The van der Waals surface area contributed by atoms with Crippen LogP contribution in [0, 0.1) is 0 Å². The number of aromatic nitrogens is 1. The highest BCUT2D eigenvalue weighted by Gasteiger charge is 2.08. The van der Waals surface area contributed by atoms with Gasteiger partial charge in [0.25, 0.3) is 5.56 Å². The van der Waals surface area contributed by atoms with Crippen LogP contribution in [0.2, 0.25) is 10.0 Å². The lowest BCUT2D eigenvalue weighted by Gasteiger charge is -2.08. The largest absolute Gasteiger partial charge is 0.465 e. The second kappa shape index (κ2) is 6.11. The molecular formula is C14H11Cl2NO3. The second-order valence-electron chi connectivity index (χ2n) is 4.13. The average Bonchev–Trinajstić information content (AvgIpc) is 2.43. The van der Waals surface area contributed by atoms with Crippen molar-refractivity contribution in [3.8, 4) is 0 Å². The van der Waals surface area contributed by atoms with Crippen LogP contribution in [-0.2, 0) is 11.3 Å². The molecule has 20 heavy (non-hydrogen) atoms. The zero-order valence-electron chi connectivity index (χ0n) is 10.6. The molecule has 1 aromatic heterocycles. The smallest absolute Gasteiger partial charge is 0.337 e. The van der Waals surface area contributed by atoms with E-state index in [1.165, 1.54) is 23.9 Å². The van der Waals surface area contributed by atoms with Gasteiger partial charge in [-0.1, -0.05) is 35.3 Å². The van der Waals surface area contributed by atoms with Crippen LogP contribution in [0.1, 0.15) is 15.9 Å². The number of carbonyl (C=O) groups is 1. The highest BCUT2D eigenvalue weighted by atomic mass is 35.5. The van der Waals surface area contributed by atoms with E-state index in [9.17, 15) is 9.59 Å². The van der Waals surface area contributed by atoms with Crippen molar-refractivity contribution in [2.24, 2.45) is 0 Å².